The summed E-state index contributed by atoms with van der Waals surface area (Å²) in [6, 6.07) is 0. The molecule has 0 aliphatic rings. The van der Waals surface area contributed by atoms with Gasteiger partial charge in [0, 0.05) is 32.7 Å². The molecule has 3 heterocycles. The first-order chi connectivity index (χ1) is 10.1. The molecule has 110 valence electrons. The SMILES string of the molecule is CN(C)C=Nc1nn2cnc3[nH][nH]c(=O)c3c2c1CCO. The molecular weight excluding hydrogens is 274 g/mol. The second-order valence-corrected chi connectivity index (χ2v) is 4.82. The molecule has 3 rings (SSSR count). The van der Waals surface area contributed by atoms with E-state index in [1.54, 1.807) is 11.2 Å². The molecule has 0 bridgehead atoms. The van der Waals surface area contributed by atoms with Crippen LogP contribution in [0.2, 0.25) is 0 Å². The van der Waals surface area contributed by atoms with Crippen molar-refractivity contribution >= 4 is 28.7 Å². The number of aromatic nitrogens is 5. The number of nitrogens with one attached hydrogen (secondary N) is 2. The van der Waals surface area contributed by atoms with E-state index in [9.17, 15) is 9.90 Å². The fraction of sp³-hybridized carbons (Fsp3) is 0.333. The molecule has 21 heavy (non-hydrogen) atoms. The summed E-state index contributed by atoms with van der Waals surface area (Å²) in [5.41, 5.74) is 1.51. The Bertz CT molecular complexity index is 871. The molecule has 0 fully saturated rings. The maximum atomic E-state index is 11.9. The van der Waals surface area contributed by atoms with Gasteiger partial charge in [-0.15, -0.1) is 5.10 Å². The number of hydrogen-bond donors (Lipinski definition) is 3. The minimum Gasteiger partial charge on any atom is -0.396 e. The van der Waals surface area contributed by atoms with Crippen LogP contribution in [0.4, 0.5) is 5.82 Å². The lowest BCUT2D eigenvalue weighted by molar-refractivity contribution is 0.300. The minimum atomic E-state index is -0.273. The first-order valence-corrected chi connectivity index (χ1v) is 6.40. The topological polar surface area (TPSA) is 115 Å². The molecule has 0 saturated carbocycles. The van der Waals surface area contributed by atoms with Crippen molar-refractivity contribution < 1.29 is 5.11 Å². The van der Waals surface area contributed by atoms with Crippen LogP contribution in [-0.2, 0) is 6.42 Å². The van der Waals surface area contributed by atoms with Crippen LogP contribution >= 0.6 is 0 Å². The van der Waals surface area contributed by atoms with Gasteiger partial charge in [-0.1, -0.05) is 0 Å². The largest absolute Gasteiger partial charge is 0.396 e. The van der Waals surface area contributed by atoms with E-state index >= 15 is 0 Å². The average Bonchev–Trinajstić information content (AvgIpc) is 2.98. The van der Waals surface area contributed by atoms with E-state index in [-0.39, 0.29) is 12.2 Å². The van der Waals surface area contributed by atoms with Gasteiger partial charge in [-0.3, -0.25) is 15.0 Å². The van der Waals surface area contributed by atoms with Crippen molar-refractivity contribution in [2.45, 2.75) is 6.42 Å². The van der Waals surface area contributed by atoms with E-state index in [2.05, 4.69) is 25.3 Å². The molecule has 3 N–H and O–H groups in total. The Labute approximate surface area is 118 Å². The second-order valence-electron chi connectivity index (χ2n) is 4.82. The smallest absolute Gasteiger partial charge is 0.275 e. The van der Waals surface area contributed by atoms with Gasteiger partial charge in [-0.25, -0.2) is 14.5 Å². The Kier molecular flexibility index (Phi) is 3.18. The number of fused-ring (bicyclic) bond motifs is 3. The van der Waals surface area contributed by atoms with Crippen LogP contribution in [0.15, 0.2) is 16.1 Å². The van der Waals surface area contributed by atoms with Crippen LogP contribution in [0.5, 0.6) is 0 Å². The maximum absolute atomic E-state index is 11.9. The number of aliphatic hydroxyl groups excluding tert-OH is 1. The highest BCUT2D eigenvalue weighted by molar-refractivity contribution is 5.94. The first kappa shape index (κ1) is 13.3. The molecule has 0 amide bonds. The van der Waals surface area contributed by atoms with Crippen molar-refractivity contribution in [3.8, 4) is 0 Å². The number of H-pyrrole nitrogens is 2. The fourth-order valence-corrected chi connectivity index (χ4v) is 2.20. The van der Waals surface area contributed by atoms with E-state index in [1.807, 2.05) is 14.1 Å². The highest BCUT2D eigenvalue weighted by Crippen LogP contribution is 2.26. The molecule has 0 atom stereocenters. The van der Waals surface area contributed by atoms with E-state index < -0.39 is 0 Å². The Morgan fingerprint density at radius 2 is 2.29 bits per heavy atom. The predicted octanol–water partition coefficient (Wildman–Crippen LogP) is -0.345. The second kappa shape index (κ2) is 5.02. The summed E-state index contributed by atoms with van der Waals surface area (Å²) in [5, 5.41) is 19.2. The number of aromatic amines is 2. The molecule has 0 aromatic carbocycles. The fourth-order valence-electron chi connectivity index (χ4n) is 2.20. The monoisotopic (exact) mass is 289 g/mol. The van der Waals surface area contributed by atoms with Crippen LogP contribution in [0.3, 0.4) is 0 Å². The van der Waals surface area contributed by atoms with Crippen molar-refractivity contribution in [2.75, 3.05) is 20.7 Å². The number of hydrogen-bond acceptors (Lipinski definition) is 5. The molecular formula is C12H15N7O2. The zero-order valence-electron chi connectivity index (χ0n) is 11.7. The van der Waals surface area contributed by atoms with Crippen molar-refractivity contribution in [2.24, 2.45) is 4.99 Å². The summed E-state index contributed by atoms with van der Waals surface area (Å²) in [7, 11) is 3.70. The summed E-state index contributed by atoms with van der Waals surface area (Å²) in [4.78, 5) is 22.1. The van der Waals surface area contributed by atoms with Gasteiger partial charge in [0.1, 0.15) is 11.7 Å². The predicted molar refractivity (Wildman–Crippen MR) is 78.1 cm³/mol. The normalized spacial score (nSPS) is 12.0. The number of rotatable bonds is 4. The average molecular weight is 289 g/mol. The van der Waals surface area contributed by atoms with Crippen molar-refractivity contribution in [3.05, 3.63) is 22.2 Å². The third kappa shape index (κ3) is 2.17. The number of nitrogens with zero attached hydrogens (tertiary/aromatic N) is 5. The Morgan fingerprint density at radius 3 is 3.00 bits per heavy atom. The molecule has 9 nitrogen and oxygen atoms in total. The first-order valence-electron chi connectivity index (χ1n) is 6.40. The Morgan fingerprint density at radius 1 is 1.48 bits per heavy atom. The molecule has 9 heteroatoms. The minimum absolute atomic E-state index is 0.0576. The van der Waals surface area contributed by atoms with E-state index in [0.29, 0.717) is 34.4 Å². The van der Waals surface area contributed by atoms with Crippen molar-refractivity contribution in [1.82, 2.24) is 29.7 Å². The van der Waals surface area contributed by atoms with Gasteiger partial charge >= 0.3 is 0 Å². The van der Waals surface area contributed by atoms with Crippen molar-refractivity contribution in [1.29, 1.82) is 0 Å². The molecule has 0 radical (unpaired) electrons. The highest BCUT2D eigenvalue weighted by atomic mass is 16.3. The summed E-state index contributed by atoms with van der Waals surface area (Å²) in [6.45, 7) is -0.0576. The van der Waals surface area contributed by atoms with Gasteiger partial charge in [0.15, 0.2) is 11.5 Å². The molecule has 0 unspecified atom stereocenters. The summed E-state index contributed by atoms with van der Waals surface area (Å²) in [5.74, 6) is 0.465. The standard InChI is InChI=1S/C12H15N7O2/c1-18(2)5-13-10-7(3-4-20)9-8-11(15-16-12(8)21)14-6-19(9)17-10/h5-6,20H,3-4H2,1-2H3,(H2,15,16,21). The summed E-state index contributed by atoms with van der Waals surface area (Å²) < 4.78 is 1.51. The van der Waals surface area contributed by atoms with Gasteiger partial charge in [-0.05, 0) is 0 Å². The van der Waals surface area contributed by atoms with Crippen LogP contribution in [0.25, 0.3) is 16.6 Å². The quantitative estimate of drug-likeness (QED) is 0.449. The Hall–Kier alpha value is -2.68. The van der Waals surface area contributed by atoms with E-state index in [0.717, 1.165) is 0 Å². The molecule has 3 aromatic rings. The van der Waals surface area contributed by atoms with Crippen LogP contribution in [0.1, 0.15) is 5.56 Å². The number of aliphatic imine (C=N–C) groups is 1. The van der Waals surface area contributed by atoms with Crippen LogP contribution in [0, 0.1) is 0 Å². The van der Waals surface area contributed by atoms with E-state index in [1.165, 1.54) is 10.8 Å². The zero-order chi connectivity index (χ0) is 15.0. The lowest BCUT2D eigenvalue weighted by Gasteiger charge is -2.01. The summed E-state index contributed by atoms with van der Waals surface area (Å²) >= 11 is 0. The molecule has 3 aromatic heterocycles. The highest BCUT2D eigenvalue weighted by Gasteiger charge is 2.17. The Balaban J connectivity index is 2.34. The van der Waals surface area contributed by atoms with Crippen LogP contribution < -0.4 is 5.56 Å². The van der Waals surface area contributed by atoms with Gasteiger partial charge in [0.25, 0.3) is 5.56 Å². The van der Waals surface area contributed by atoms with Gasteiger partial charge in [-0.2, -0.15) is 0 Å². The zero-order valence-corrected chi connectivity index (χ0v) is 11.7. The third-order valence-corrected chi connectivity index (χ3v) is 3.05. The van der Waals surface area contributed by atoms with Crippen molar-refractivity contribution in [3.63, 3.8) is 0 Å². The van der Waals surface area contributed by atoms with Gasteiger partial charge in [0.05, 0.1) is 11.9 Å². The number of aliphatic hydroxyl groups is 1. The lowest BCUT2D eigenvalue weighted by atomic mass is 10.1. The molecule has 0 aliphatic carbocycles. The van der Waals surface area contributed by atoms with Gasteiger partial charge < -0.3 is 10.0 Å². The molecule has 0 spiro atoms. The van der Waals surface area contributed by atoms with E-state index in [4.69, 9.17) is 0 Å². The molecule has 0 saturated heterocycles. The lowest BCUT2D eigenvalue weighted by Crippen LogP contribution is -2.07. The van der Waals surface area contributed by atoms with Gasteiger partial charge in [0.2, 0.25) is 0 Å². The third-order valence-electron chi connectivity index (χ3n) is 3.05. The maximum Gasteiger partial charge on any atom is 0.275 e. The molecule has 0 aliphatic heterocycles. The summed E-state index contributed by atoms with van der Waals surface area (Å²) in [6.07, 6.45) is 3.49. The van der Waals surface area contributed by atoms with Crippen LogP contribution in [-0.4, -0.2) is 61.8 Å².